The van der Waals surface area contributed by atoms with Crippen LogP contribution >= 0.6 is 0 Å². The van der Waals surface area contributed by atoms with Crippen molar-refractivity contribution in [1.29, 1.82) is 0 Å². The van der Waals surface area contributed by atoms with E-state index in [0.29, 0.717) is 28.0 Å². The molecule has 0 fully saturated rings. The summed E-state index contributed by atoms with van der Waals surface area (Å²) in [6, 6.07) is 5.78. The van der Waals surface area contributed by atoms with Gasteiger partial charge in [0.1, 0.15) is 5.82 Å². The van der Waals surface area contributed by atoms with Crippen LogP contribution in [0.1, 0.15) is 5.56 Å². The van der Waals surface area contributed by atoms with Gasteiger partial charge in [-0.25, -0.2) is 4.98 Å². The Hall–Kier alpha value is -2.78. The van der Waals surface area contributed by atoms with Gasteiger partial charge < -0.3 is 15.2 Å². The number of nitrogens with zero attached hydrogens (tertiary/aromatic N) is 3. The highest BCUT2D eigenvalue weighted by Gasteiger charge is 2.30. The summed E-state index contributed by atoms with van der Waals surface area (Å²) < 4.78 is 43.1. The van der Waals surface area contributed by atoms with Crippen molar-refractivity contribution >= 4 is 16.7 Å². The Morgan fingerprint density at radius 3 is 2.63 bits per heavy atom. The van der Waals surface area contributed by atoms with Gasteiger partial charge in [0.25, 0.3) is 0 Å². The molecule has 6 nitrogen and oxygen atoms in total. The first kappa shape index (κ1) is 19.0. The highest BCUT2D eigenvalue weighted by atomic mass is 19.4. The van der Waals surface area contributed by atoms with E-state index in [0.717, 1.165) is 12.3 Å². The van der Waals surface area contributed by atoms with Crippen molar-refractivity contribution in [2.75, 3.05) is 25.6 Å². The number of fused-ring (bicyclic) bond motifs is 1. The molecule has 9 heteroatoms. The highest BCUT2D eigenvalue weighted by molar-refractivity contribution is 5.98. The summed E-state index contributed by atoms with van der Waals surface area (Å²) in [5.41, 5.74) is 0.581. The van der Waals surface area contributed by atoms with Crippen molar-refractivity contribution in [2.24, 2.45) is 0 Å². The molecule has 0 bridgehead atoms. The molecule has 1 atom stereocenters. The number of aromatic nitrogens is 3. The van der Waals surface area contributed by atoms with E-state index in [1.807, 2.05) is 0 Å². The van der Waals surface area contributed by atoms with E-state index in [1.54, 1.807) is 18.3 Å². The number of hydrogen-bond donors (Lipinski definition) is 2. The second kappa shape index (κ2) is 7.85. The maximum atomic E-state index is 12.7. The number of nitrogens with one attached hydrogen (secondary N) is 1. The molecule has 0 spiro atoms. The zero-order valence-corrected chi connectivity index (χ0v) is 14.4. The van der Waals surface area contributed by atoms with Crippen molar-refractivity contribution in [1.82, 2.24) is 15.0 Å². The van der Waals surface area contributed by atoms with Crippen LogP contribution in [-0.2, 0) is 10.9 Å². The number of rotatable bonds is 6. The standard InChI is InChI=1S/C18H17F3N4O2/c1-27-10-12(26)8-24-17-13-3-2-6-22-16(13)14(9-25-17)15-5-4-11(7-23-15)18(19,20)21/h2-7,9,12,26H,8,10H2,1H3,(H,24,25)/t12-/m1/s1. The van der Waals surface area contributed by atoms with Crippen LogP contribution in [0.2, 0.25) is 0 Å². The van der Waals surface area contributed by atoms with Gasteiger partial charge in [-0.15, -0.1) is 0 Å². The first-order valence-electron chi connectivity index (χ1n) is 8.08. The van der Waals surface area contributed by atoms with Crippen molar-refractivity contribution < 1.29 is 23.0 Å². The monoisotopic (exact) mass is 378 g/mol. The van der Waals surface area contributed by atoms with Crippen LogP contribution in [-0.4, -0.2) is 46.4 Å². The van der Waals surface area contributed by atoms with Gasteiger partial charge in [0, 0.05) is 43.2 Å². The number of hydrogen-bond acceptors (Lipinski definition) is 6. The molecule has 0 aliphatic rings. The van der Waals surface area contributed by atoms with Crippen molar-refractivity contribution in [2.45, 2.75) is 12.3 Å². The maximum absolute atomic E-state index is 12.7. The molecule has 2 N–H and O–H groups in total. The first-order chi connectivity index (χ1) is 12.9. The number of alkyl halides is 3. The first-order valence-corrected chi connectivity index (χ1v) is 8.08. The van der Waals surface area contributed by atoms with Gasteiger partial charge in [0.15, 0.2) is 0 Å². The molecule has 3 heterocycles. The fraction of sp³-hybridized carbons (Fsp3) is 0.278. The fourth-order valence-corrected chi connectivity index (χ4v) is 2.59. The Bertz CT molecular complexity index is 917. The lowest BCUT2D eigenvalue weighted by molar-refractivity contribution is -0.137. The lowest BCUT2D eigenvalue weighted by atomic mass is 10.1. The normalized spacial score (nSPS) is 12.9. The van der Waals surface area contributed by atoms with Crippen LogP contribution in [0, 0.1) is 0 Å². The third-order valence-electron chi connectivity index (χ3n) is 3.87. The van der Waals surface area contributed by atoms with E-state index in [-0.39, 0.29) is 13.2 Å². The topological polar surface area (TPSA) is 80.2 Å². The number of aliphatic hydroxyl groups excluding tert-OH is 1. The average molecular weight is 378 g/mol. The van der Waals surface area contributed by atoms with E-state index in [9.17, 15) is 18.3 Å². The quantitative estimate of drug-likeness (QED) is 0.686. The van der Waals surface area contributed by atoms with E-state index in [1.165, 1.54) is 19.4 Å². The van der Waals surface area contributed by atoms with E-state index < -0.39 is 17.8 Å². The van der Waals surface area contributed by atoms with E-state index >= 15 is 0 Å². The summed E-state index contributed by atoms with van der Waals surface area (Å²) in [6.07, 6.45) is -1.28. The molecule has 0 unspecified atom stereocenters. The van der Waals surface area contributed by atoms with Gasteiger partial charge in [-0.1, -0.05) is 0 Å². The molecule has 0 radical (unpaired) electrons. The number of ether oxygens (including phenoxy) is 1. The minimum absolute atomic E-state index is 0.177. The second-order valence-electron chi connectivity index (χ2n) is 5.84. The van der Waals surface area contributed by atoms with Crippen LogP contribution in [0.15, 0.2) is 42.9 Å². The van der Waals surface area contributed by atoms with Crippen molar-refractivity contribution in [3.8, 4) is 11.3 Å². The van der Waals surface area contributed by atoms with Crippen molar-refractivity contribution in [3.63, 3.8) is 0 Å². The molecule has 0 aliphatic heterocycles. The number of aliphatic hydroxyl groups is 1. The molecular weight excluding hydrogens is 361 g/mol. The third kappa shape index (κ3) is 4.32. The molecule has 142 valence electrons. The number of halogens is 3. The minimum Gasteiger partial charge on any atom is -0.389 e. The predicted octanol–water partition coefficient (Wildman–Crippen LogP) is 3.13. The summed E-state index contributed by atoms with van der Waals surface area (Å²) in [5.74, 6) is 0.504. The van der Waals surface area contributed by atoms with Gasteiger partial charge in [-0.05, 0) is 24.3 Å². The summed E-state index contributed by atoms with van der Waals surface area (Å²) >= 11 is 0. The highest BCUT2D eigenvalue weighted by Crippen LogP contribution is 2.32. The predicted molar refractivity (Wildman–Crippen MR) is 94.1 cm³/mol. The summed E-state index contributed by atoms with van der Waals surface area (Å²) in [5, 5.41) is 13.5. The largest absolute Gasteiger partial charge is 0.417 e. The molecule has 0 aromatic carbocycles. The maximum Gasteiger partial charge on any atom is 0.417 e. The molecule has 0 saturated heterocycles. The van der Waals surface area contributed by atoms with Crippen LogP contribution < -0.4 is 5.32 Å². The van der Waals surface area contributed by atoms with Gasteiger partial charge in [0.2, 0.25) is 0 Å². The fourth-order valence-electron chi connectivity index (χ4n) is 2.59. The van der Waals surface area contributed by atoms with Crippen LogP contribution in [0.5, 0.6) is 0 Å². The number of pyridine rings is 3. The molecule has 0 aliphatic carbocycles. The SMILES string of the molecule is COC[C@H](O)CNc1ncc(-c2ccc(C(F)(F)F)cn2)c2ncccc12. The molecule has 3 aromatic heterocycles. The Labute approximate surface area is 153 Å². The molecule has 0 saturated carbocycles. The zero-order valence-electron chi connectivity index (χ0n) is 14.4. The minimum atomic E-state index is -4.44. The smallest absolute Gasteiger partial charge is 0.389 e. The van der Waals surface area contributed by atoms with Crippen molar-refractivity contribution in [3.05, 3.63) is 48.4 Å². The Morgan fingerprint density at radius 1 is 1.15 bits per heavy atom. The molecule has 0 amide bonds. The van der Waals surface area contributed by atoms with E-state index in [4.69, 9.17) is 4.74 Å². The second-order valence-corrected chi connectivity index (χ2v) is 5.84. The average Bonchev–Trinajstić information content (AvgIpc) is 2.66. The lowest BCUT2D eigenvalue weighted by Gasteiger charge is -2.14. The molecular formula is C18H17F3N4O2. The van der Waals surface area contributed by atoms with Gasteiger partial charge in [-0.2, -0.15) is 13.2 Å². The van der Waals surface area contributed by atoms with Gasteiger partial charge in [0.05, 0.1) is 29.5 Å². The Kier molecular flexibility index (Phi) is 5.52. The molecule has 3 rings (SSSR count). The summed E-state index contributed by atoms with van der Waals surface area (Å²) in [4.78, 5) is 12.6. The third-order valence-corrected chi connectivity index (χ3v) is 3.87. The zero-order chi connectivity index (χ0) is 19.4. The Morgan fingerprint density at radius 2 is 1.96 bits per heavy atom. The van der Waals surface area contributed by atoms with E-state index in [2.05, 4.69) is 20.3 Å². The molecule has 27 heavy (non-hydrogen) atoms. The lowest BCUT2D eigenvalue weighted by Crippen LogP contribution is -2.24. The summed E-state index contributed by atoms with van der Waals surface area (Å²) in [7, 11) is 1.49. The van der Waals surface area contributed by atoms with Gasteiger partial charge in [-0.3, -0.25) is 9.97 Å². The van der Waals surface area contributed by atoms with Crippen LogP contribution in [0.4, 0.5) is 19.0 Å². The van der Waals surface area contributed by atoms with Crippen LogP contribution in [0.3, 0.4) is 0 Å². The van der Waals surface area contributed by atoms with Gasteiger partial charge >= 0.3 is 6.18 Å². The molecule has 3 aromatic rings. The summed E-state index contributed by atoms with van der Waals surface area (Å²) in [6.45, 7) is 0.402. The number of methoxy groups -OCH3 is 1. The Balaban J connectivity index is 1.95. The van der Waals surface area contributed by atoms with Crippen LogP contribution in [0.25, 0.3) is 22.2 Å². The number of anilines is 1.